The van der Waals surface area contributed by atoms with Crippen molar-refractivity contribution in [3.8, 4) is 11.5 Å². The van der Waals surface area contributed by atoms with Crippen LogP contribution in [0, 0.1) is 13.8 Å². The quantitative estimate of drug-likeness (QED) is 0.170. The van der Waals surface area contributed by atoms with E-state index in [4.69, 9.17) is 9.47 Å². The van der Waals surface area contributed by atoms with Crippen LogP contribution in [0.1, 0.15) is 29.2 Å². The highest BCUT2D eigenvalue weighted by Crippen LogP contribution is 2.33. The molecule has 0 aromatic heterocycles. The van der Waals surface area contributed by atoms with Crippen molar-refractivity contribution in [2.75, 3.05) is 31.6 Å². The molecule has 0 aliphatic heterocycles. The van der Waals surface area contributed by atoms with Crippen LogP contribution in [0.4, 0.5) is 5.69 Å². The first-order valence-electron chi connectivity index (χ1n) is 15.2. The van der Waals surface area contributed by atoms with Gasteiger partial charge in [0.25, 0.3) is 10.0 Å². The molecule has 0 bridgehead atoms. The average molecular weight is 723 g/mol. The van der Waals surface area contributed by atoms with Crippen molar-refractivity contribution < 1.29 is 27.5 Å². The van der Waals surface area contributed by atoms with Gasteiger partial charge in [-0.1, -0.05) is 64.5 Å². The van der Waals surface area contributed by atoms with Gasteiger partial charge in [0, 0.05) is 30.0 Å². The van der Waals surface area contributed by atoms with Crippen LogP contribution < -0.4 is 19.1 Å². The van der Waals surface area contributed by atoms with E-state index < -0.39 is 28.5 Å². The fourth-order valence-corrected chi connectivity index (χ4v) is 7.27. The van der Waals surface area contributed by atoms with E-state index in [0.717, 1.165) is 31.0 Å². The Morgan fingerprint density at radius 1 is 0.830 bits per heavy atom. The average Bonchev–Trinajstić information content (AvgIpc) is 3.04. The summed E-state index contributed by atoms with van der Waals surface area (Å²) in [5.74, 6) is -0.275. The molecule has 0 radical (unpaired) electrons. The summed E-state index contributed by atoms with van der Waals surface area (Å²) in [7, 11) is -1.44. The summed E-state index contributed by atoms with van der Waals surface area (Å²) in [6.07, 6.45) is 0.235. The molecular weight excluding hydrogens is 682 g/mol. The molecule has 4 aromatic carbocycles. The van der Waals surface area contributed by atoms with Crippen LogP contribution in [0.15, 0.2) is 100 Å². The number of benzene rings is 4. The van der Waals surface area contributed by atoms with Crippen LogP contribution in [0.2, 0.25) is 0 Å². The number of carbonyl (C=O) groups is 2. The van der Waals surface area contributed by atoms with Crippen LogP contribution >= 0.6 is 15.9 Å². The van der Waals surface area contributed by atoms with Crippen LogP contribution in [0.3, 0.4) is 0 Å². The van der Waals surface area contributed by atoms with Gasteiger partial charge in [-0.3, -0.25) is 13.9 Å². The minimum absolute atomic E-state index is 0.0734. The third kappa shape index (κ3) is 8.93. The van der Waals surface area contributed by atoms with Crippen molar-refractivity contribution in [3.63, 3.8) is 0 Å². The highest BCUT2D eigenvalue weighted by Gasteiger charge is 2.35. The van der Waals surface area contributed by atoms with E-state index in [1.165, 1.54) is 37.3 Å². The number of hydrogen-bond donors (Lipinski definition) is 1. The Morgan fingerprint density at radius 3 is 2.11 bits per heavy atom. The van der Waals surface area contributed by atoms with E-state index in [1.807, 2.05) is 81.4 Å². The van der Waals surface area contributed by atoms with Crippen LogP contribution in [-0.4, -0.2) is 58.5 Å². The van der Waals surface area contributed by atoms with E-state index in [2.05, 4.69) is 21.2 Å². The van der Waals surface area contributed by atoms with E-state index >= 15 is 0 Å². The van der Waals surface area contributed by atoms with E-state index in [0.29, 0.717) is 18.0 Å². The van der Waals surface area contributed by atoms with Gasteiger partial charge in [-0.2, -0.15) is 0 Å². The molecule has 2 amide bonds. The van der Waals surface area contributed by atoms with Gasteiger partial charge >= 0.3 is 0 Å². The number of likely N-dealkylation sites (N-methyl/N-ethyl adjacent to an activating group) is 1. The molecule has 0 saturated carbocycles. The largest absolute Gasteiger partial charge is 0.493 e. The van der Waals surface area contributed by atoms with E-state index in [9.17, 15) is 18.0 Å². The molecule has 0 aliphatic rings. The molecular formula is C36H40BrN3O6S. The molecule has 1 atom stereocenters. The molecule has 0 heterocycles. The number of sulfonamides is 1. The van der Waals surface area contributed by atoms with Crippen molar-refractivity contribution in [2.24, 2.45) is 0 Å². The number of methoxy groups -OCH3 is 2. The molecule has 248 valence electrons. The molecule has 0 unspecified atom stereocenters. The van der Waals surface area contributed by atoms with Crippen LogP contribution in [0.25, 0.3) is 0 Å². The summed E-state index contributed by atoms with van der Waals surface area (Å²) >= 11 is 3.50. The fourth-order valence-electron chi connectivity index (χ4n) is 5.41. The van der Waals surface area contributed by atoms with Gasteiger partial charge in [-0.25, -0.2) is 8.42 Å². The number of halogens is 1. The second kappa shape index (κ2) is 16.0. The number of amides is 2. The zero-order valence-electron chi connectivity index (χ0n) is 27.2. The third-order valence-corrected chi connectivity index (χ3v) is 9.84. The van der Waals surface area contributed by atoms with Crippen LogP contribution in [0.5, 0.6) is 11.5 Å². The topological polar surface area (TPSA) is 105 Å². The Kier molecular flexibility index (Phi) is 12.1. The lowest BCUT2D eigenvalue weighted by molar-refractivity contribution is -0.140. The van der Waals surface area contributed by atoms with Gasteiger partial charge in [-0.15, -0.1) is 0 Å². The summed E-state index contributed by atoms with van der Waals surface area (Å²) in [6.45, 7) is 5.43. The van der Waals surface area contributed by atoms with Crippen molar-refractivity contribution in [1.82, 2.24) is 10.2 Å². The van der Waals surface area contributed by atoms with Gasteiger partial charge in [-0.05, 0) is 79.4 Å². The molecule has 0 saturated heterocycles. The standard InChI is InChI=1S/C36H40BrN3O6S/c1-6-38-36(42)32(21-27-11-8-7-9-12-27)39(23-28-13-10-14-29(37)20-28)35(41)24-40(30-18-25(2)17-26(3)19-30)47(43,44)31-15-16-33(45-4)34(22-31)46-5/h7-20,22,32H,6,21,23-24H2,1-5H3,(H,38,42)/t32-/m0/s1. The summed E-state index contributed by atoms with van der Waals surface area (Å²) in [5, 5.41) is 2.88. The first kappa shape index (κ1) is 35.5. The summed E-state index contributed by atoms with van der Waals surface area (Å²) < 4.78 is 41.5. The molecule has 0 aliphatic carbocycles. The lowest BCUT2D eigenvalue weighted by atomic mass is 10.0. The van der Waals surface area contributed by atoms with Gasteiger partial charge in [0.1, 0.15) is 12.6 Å². The van der Waals surface area contributed by atoms with Crippen LogP contribution in [-0.2, 0) is 32.6 Å². The summed E-state index contributed by atoms with van der Waals surface area (Å²) in [4.78, 5) is 29.7. The Morgan fingerprint density at radius 2 is 1.49 bits per heavy atom. The number of anilines is 1. The third-order valence-electron chi connectivity index (χ3n) is 7.58. The highest BCUT2D eigenvalue weighted by molar-refractivity contribution is 9.10. The number of hydrogen-bond acceptors (Lipinski definition) is 6. The predicted molar refractivity (Wildman–Crippen MR) is 187 cm³/mol. The van der Waals surface area contributed by atoms with Gasteiger partial charge in [0.15, 0.2) is 11.5 Å². The second-order valence-electron chi connectivity index (χ2n) is 11.1. The number of aryl methyl sites for hydroxylation is 2. The van der Waals surface area contributed by atoms with Gasteiger partial charge in [0.05, 0.1) is 24.8 Å². The second-order valence-corrected chi connectivity index (χ2v) is 13.9. The summed E-state index contributed by atoms with van der Waals surface area (Å²) in [6, 6.07) is 25.7. The Labute approximate surface area is 285 Å². The zero-order chi connectivity index (χ0) is 34.1. The molecule has 0 fully saturated rings. The molecule has 4 aromatic rings. The molecule has 0 spiro atoms. The SMILES string of the molecule is CCNC(=O)[C@H](Cc1ccccc1)N(Cc1cccc(Br)c1)C(=O)CN(c1cc(C)cc(C)c1)S(=O)(=O)c1ccc(OC)c(OC)c1. The molecule has 9 nitrogen and oxygen atoms in total. The zero-order valence-corrected chi connectivity index (χ0v) is 29.6. The maximum absolute atomic E-state index is 14.6. The Bertz CT molecular complexity index is 1800. The number of carbonyl (C=O) groups excluding carboxylic acids is 2. The minimum atomic E-state index is -4.33. The normalized spacial score (nSPS) is 11.8. The van der Waals surface area contributed by atoms with E-state index in [-0.39, 0.29) is 29.5 Å². The number of rotatable bonds is 14. The van der Waals surface area contributed by atoms with Crippen molar-refractivity contribution in [2.45, 2.75) is 44.7 Å². The van der Waals surface area contributed by atoms with Crippen molar-refractivity contribution in [1.29, 1.82) is 0 Å². The van der Waals surface area contributed by atoms with Crippen molar-refractivity contribution in [3.05, 3.63) is 118 Å². The Hall–Kier alpha value is -4.35. The predicted octanol–water partition coefficient (Wildman–Crippen LogP) is 6.05. The monoisotopic (exact) mass is 721 g/mol. The Balaban J connectivity index is 1.85. The number of nitrogens with zero attached hydrogens (tertiary/aromatic N) is 2. The van der Waals surface area contributed by atoms with Crippen molar-refractivity contribution >= 4 is 43.5 Å². The molecule has 4 rings (SSSR count). The molecule has 47 heavy (non-hydrogen) atoms. The van der Waals surface area contributed by atoms with Gasteiger partial charge < -0.3 is 19.7 Å². The maximum Gasteiger partial charge on any atom is 0.264 e. The number of nitrogens with one attached hydrogen (secondary N) is 1. The first-order valence-corrected chi connectivity index (χ1v) is 17.4. The van der Waals surface area contributed by atoms with E-state index in [1.54, 1.807) is 12.1 Å². The molecule has 11 heteroatoms. The first-order chi connectivity index (χ1) is 22.5. The lowest BCUT2D eigenvalue weighted by Crippen LogP contribution is -2.53. The number of ether oxygens (including phenoxy) is 2. The summed E-state index contributed by atoms with van der Waals surface area (Å²) in [5.41, 5.74) is 3.62. The maximum atomic E-state index is 14.6. The fraction of sp³-hybridized carbons (Fsp3) is 0.278. The smallest absolute Gasteiger partial charge is 0.264 e. The minimum Gasteiger partial charge on any atom is -0.493 e. The highest BCUT2D eigenvalue weighted by atomic mass is 79.9. The lowest BCUT2D eigenvalue weighted by Gasteiger charge is -2.34. The molecule has 1 N–H and O–H groups in total. The van der Waals surface area contributed by atoms with Gasteiger partial charge in [0.2, 0.25) is 11.8 Å².